The number of carbonyl (C=O) groups is 1. The van der Waals surface area contributed by atoms with Crippen molar-refractivity contribution in [3.8, 4) is 11.5 Å². The summed E-state index contributed by atoms with van der Waals surface area (Å²) in [4.78, 5) is 11.5. The van der Waals surface area contributed by atoms with E-state index < -0.39 is 11.4 Å². The van der Waals surface area contributed by atoms with E-state index in [1.54, 1.807) is 26.4 Å². The lowest BCUT2D eigenvalue weighted by atomic mass is 9.64. The third kappa shape index (κ3) is 1.86. The van der Waals surface area contributed by atoms with Gasteiger partial charge in [0, 0.05) is 5.56 Å². The van der Waals surface area contributed by atoms with Crippen LogP contribution in [0.4, 0.5) is 0 Å². The van der Waals surface area contributed by atoms with Crippen molar-refractivity contribution in [3.63, 3.8) is 0 Å². The predicted octanol–water partition coefficient (Wildman–Crippen LogP) is 2.97. The minimum atomic E-state index is -0.820. The second-order valence-corrected chi connectivity index (χ2v) is 5.28. The summed E-state index contributed by atoms with van der Waals surface area (Å²) in [6.07, 6.45) is 2.21. The summed E-state index contributed by atoms with van der Waals surface area (Å²) in [6.45, 7) is 0. The van der Waals surface area contributed by atoms with Crippen LogP contribution in [-0.4, -0.2) is 25.3 Å². The average molecular weight is 315 g/mol. The Morgan fingerprint density at radius 1 is 1.28 bits per heavy atom. The van der Waals surface area contributed by atoms with E-state index in [4.69, 9.17) is 9.47 Å². The molecule has 98 valence electrons. The van der Waals surface area contributed by atoms with Gasteiger partial charge in [-0.15, -0.1) is 0 Å². The van der Waals surface area contributed by atoms with Crippen LogP contribution in [0.15, 0.2) is 16.6 Å². The zero-order valence-corrected chi connectivity index (χ0v) is 11.9. The van der Waals surface area contributed by atoms with Crippen LogP contribution in [0.1, 0.15) is 24.8 Å². The molecule has 0 atom stereocenters. The van der Waals surface area contributed by atoms with Gasteiger partial charge in [0.2, 0.25) is 0 Å². The van der Waals surface area contributed by atoms with Crippen LogP contribution in [-0.2, 0) is 10.2 Å². The molecule has 0 aliphatic heterocycles. The zero-order chi connectivity index (χ0) is 13.3. The average Bonchev–Trinajstić information content (AvgIpc) is 2.28. The van der Waals surface area contributed by atoms with Crippen molar-refractivity contribution in [1.29, 1.82) is 0 Å². The SMILES string of the molecule is COc1cc(C2(C(=O)O)CCC2)c(OC)cc1Br. The van der Waals surface area contributed by atoms with Gasteiger partial charge in [-0.1, -0.05) is 6.42 Å². The molecule has 1 saturated carbocycles. The zero-order valence-electron chi connectivity index (χ0n) is 10.3. The molecule has 0 amide bonds. The molecule has 1 aromatic rings. The Morgan fingerprint density at radius 2 is 1.89 bits per heavy atom. The fraction of sp³-hybridized carbons (Fsp3) is 0.462. The van der Waals surface area contributed by atoms with Gasteiger partial charge in [0.25, 0.3) is 0 Å². The highest BCUT2D eigenvalue weighted by Crippen LogP contribution is 2.49. The summed E-state index contributed by atoms with van der Waals surface area (Å²) in [7, 11) is 3.11. The molecule has 1 aliphatic rings. The maximum Gasteiger partial charge on any atom is 0.314 e. The monoisotopic (exact) mass is 314 g/mol. The topological polar surface area (TPSA) is 55.8 Å². The number of halogens is 1. The summed E-state index contributed by atoms with van der Waals surface area (Å²) < 4.78 is 11.3. The van der Waals surface area contributed by atoms with Gasteiger partial charge >= 0.3 is 5.97 Å². The number of aliphatic carboxylic acids is 1. The van der Waals surface area contributed by atoms with Gasteiger partial charge in [0.1, 0.15) is 11.5 Å². The van der Waals surface area contributed by atoms with Gasteiger partial charge in [-0.3, -0.25) is 4.79 Å². The molecule has 0 saturated heterocycles. The molecule has 1 aliphatic carbocycles. The number of hydrogen-bond acceptors (Lipinski definition) is 3. The van der Waals surface area contributed by atoms with Crippen LogP contribution in [0.25, 0.3) is 0 Å². The lowest BCUT2D eigenvalue weighted by Gasteiger charge is -2.39. The summed E-state index contributed by atoms with van der Waals surface area (Å²) in [6, 6.07) is 3.52. The van der Waals surface area contributed by atoms with Crippen LogP contribution in [0.5, 0.6) is 11.5 Å². The van der Waals surface area contributed by atoms with Crippen LogP contribution >= 0.6 is 15.9 Å². The van der Waals surface area contributed by atoms with Gasteiger partial charge in [-0.25, -0.2) is 0 Å². The highest BCUT2D eigenvalue weighted by Gasteiger charge is 2.48. The molecule has 0 radical (unpaired) electrons. The van der Waals surface area contributed by atoms with E-state index in [0.717, 1.165) is 10.9 Å². The van der Waals surface area contributed by atoms with Gasteiger partial charge in [-0.05, 0) is 40.9 Å². The molecule has 1 aromatic carbocycles. The van der Waals surface area contributed by atoms with Gasteiger partial charge in [-0.2, -0.15) is 0 Å². The second-order valence-electron chi connectivity index (χ2n) is 4.43. The number of carboxylic acid groups (broad SMARTS) is 1. The molecule has 5 heteroatoms. The molecule has 18 heavy (non-hydrogen) atoms. The van der Waals surface area contributed by atoms with Gasteiger partial charge in [0.15, 0.2) is 0 Å². The van der Waals surface area contributed by atoms with E-state index >= 15 is 0 Å². The predicted molar refractivity (Wildman–Crippen MR) is 70.4 cm³/mol. The first-order valence-electron chi connectivity index (χ1n) is 5.70. The summed E-state index contributed by atoms with van der Waals surface area (Å²) in [5.41, 5.74) is -0.122. The fourth-order valence-corrected chi connectivity index (χ4v) is 2.85. The van der Waals surface area contributed by atoms with Crippen molar-refractivity contribution >= 4 is 21.9 Å². The summed E-state index contributed by atoms with van der Waals surface area (Å²) in [5.74, 6) is 0.416. The molecule has 0 heterocycles. The Balaban J connectivity index is 2.58. The maximum absolute atomic E-state index is 11.5. The van der Waals surface area contributed by atoms with Gasteiger partial charge in [0.05, 0.1) is 24.1 Å². The molecule has 0 spiro atoms. The lowest BCUT2D eigenvalue weighted by molar-refractivity contribution is -0.147. The first-order valence-corrected chi connectivity index (χ1v) is 6.50. The van der Waals surface area contributed by atoms with E-state index in [2.05, 4.69) is 15.9 Å². The minimum absolute atomic E-state index is 0.588. The number of rotatable bonds is 4. The van der Waals surface area contributed by atoms with Crippen LogP contribution in [0.3, 0.4) is 0 Å². The number of hydrogen-bond donors (Lipinski definition) is 1. The first-order chi connectivity index (χ1) is 8.55. The van der Waals surface area contributed by atoms with Crippen LogP contribution < -0.4 is 9.47 Å². The third-order valence-electron chi connectivity index (χ3n) is 3.61. The Bertz CT molecular complexity index is 480. The molecule has 0 bridgehead atoms. The van der Waals surface area contributed by atoms with Crippen molar-refractivity contribution in [3.05, 3.63) is 22.2 Å². The molecule has 0 unspecified atom stereocenters. The lowest BCUT2D eigenvalue weighted by Crippen LogP contribution is -2.42. The first kappa shape index (κ1) is 13.2. The number of carboxylic acids is 1. The highest BCUT2D eigenvalue weighted by molar-refractivity contribution is 9.10. The van der Waals surface area contributed by atoms with Gasteiger partial charge < -0.3 is 14.6 Å². The third-order valence-corrected chi connectivity index (χ3v) is 4.23. The number of ether oxygens (including phenoxy) is 2. The summed E-state index contributed by atoms with van der Waals surface area (Å²) in [5, 5.41) is 9.48. The Kier molecular flexibility index (Phi) is 3.52. The van der Waals surface area contributed by atoms with Crippen molar-refractivity contribution < 1.29 is 19.4 Å². The number of benzene rings is 1. The van der Waals surface area contributed by atoms with Crippen LogP contribution in [0.2, 0.25) is 0 Å². The quantitative estimate of drug-likeness (QED) is 0.928. The standard InChI is InChI=1S/C13H15BrO4/c1-17-10-7-9(14)11(18-2)6-8(10)13(12(15)16)4-3-5-13/h6-7H,3-5H2,1-2H3,(H,15,16). The molecule has 1 fully saturated rings. The second kappa shape index (κ2) is 4.80. The minimum Gasteiger partial charge on any atom is -0.496 e. The maximum atomic E-state index is 11.5. The molecule has 4 nitrogen and oxygen atoms in total. The molecular weight excluding hydrogens is 300 g/mol. The number of methoxy groups -OCH3 is 2. The van der Waals surface area contributed by atoms with E-state index in [1.807, 2.05) is 0 Å². The summed E-state index contributed by atoms with van der Waals surface area (Å²) >= 11 is 3.37. The van der Waals surface area contributed by atoms with E-state index in [0.29, 0.717) is 29.9 Å². The van der Waals surface area contributed by atoms with E-state index in [9.17, 15) is 9.90 Å². The van der Waals surface area contributed by atoms with Crippen molar-refractivity contribution in [1.82, 2.24) is 0 Å². The Morgan fingerprint density at radius 3 is 2.28 bits per heavy atom. The highest BCUT2D eigenvalue weighted by atomic mass is 79.9. The normalized spacial score (nSPS) is 16.8. The fourth-order valence-electron chi connectivity index (χ4n) is 2.36. The van der Waals surface area contributed by atoms with Crippen molar-refractivity contribution in [2.75, 3.05) is 14.2 Å². The van der Waals surface area contributed by atoms with E-state index in [1.165, 1.54) is 0 Å². The molecular formula is C13H15BrO4. The molecule has 0 aromatic heterocycles. The molecule has 1 N–H and O–H groups in total. The van der Waals surface area contributed by atoms with E-state index in [-0.39, 0.29) is 0 Å². The Hall–Kier alpha value is -1.23. The van der Waals surface area contributed by atoms with Crippen LogP contribution in [0, 0.1) is 0 Å². The smallest absolute Gasteiger partial charge is 0.314 e. The van der Waals surface area contributed by atoms with Crippen molar-refractivity contribution in [2.45, 2.75) is 24.7 Å². The van der Waals surface area contributed by atoms with Crippen molar-refractivity contribution in [2.24, 2.45) is 0 Å². The molecule has 2 rings (SSSR count). The largest absolute Gasteiger partial charge is 0.496 e. The Labute approximate surface area is 114 Å².